The molecule has 152 valence electrons. The lowest BCUT2D eigenvalue weighted by atomic mass is 9.96. The molecule has 1 atom stereocenters. The van der Waals surface area contributed by atoms with Gasteiger partial charge in [0.2, 0.25) is 15.9 Å². The van der Waals surface area contributed by atoms with E-state index in [0.29, 0.717) is 6.42 Å². The number of hydrogen-bond donors (Lipinski definition) is 1. The zero-order valence-electron chi connectivity index (χ0n) is 15.9. The highest BCUT2D eigenvalue weighted by Crippen LogP contribution is 2.27. The second-order valence-electron chi connectivity index (χ2n) is 7.13. The van der Waals surface area contributed by atoms with E-state index in [2.05, 4.69) is 5.32 Å². The lowest BCUT2D eigenvalue weighted by Crippen LogP contribution is -2.51. The van der Waals surface area contributed by atoms with Crippen molar-refractivity contribution in [2.24, 2.45) is 0 Å². The van der Waals surface area contributed by atoms with Crippen molar-refractivity contribution in [1.82, 2.24) is 5.32 Å². The predicted octanol–water partition coefficient (Wildman–Crippen LogP) is 4.25. The molecule has 0 saturated heterocycles. The number of carbonyl (C=O) groups is 1. The number of carbonyl (C=O) groups excluding carboxylic acids is 1. The maximum atomic E-state index is 13.5. The molecule has 27 heavy (non-hydrogen) atoms. The summed E-state index contributed by atoms with van der Waals surface area (Å²) in [5.74, 6) is -0.963. The molecule has 0 radical (unpaired) electrons. The summed E-state index contributed by atoms with van der Waals surface area (Å²) < 4.78 is 39.4. The molecule has 1 aromatic rings. The summed E-state index contributed by atoms with van der Waals surface area (Å²) in [6.07, 6.45) is 8.81. The van der Waals surface area contributed by atoms with Gasteiger partial charge in [0.15, 0.2) is 0 Å². The molecule has 1 saturated carbocycles. The lowest BCUT2D eigenvalue weighted by Gasteiger charge is -2.32. The molecule has 5 nitrogen and oxygen atoms in total. The van der Waals surface area contributed by atoms with Gasteiger partial charge in [0, 0.05) is 6.04 Å². The van der Waals surface area contributed by atoms with Crippen LogP contribution in [0.4, 0.5) is 10.1 Å². The molecule has 1 N–H and O–H groups in total. The van der Waals surface area contributed by atoms with Crippen LogP contribution >= 0.6 is 11.6 Å². The number of anilines is 1. The Hall–Kier alpha value is -1.34. The maximum Gasteiger partial charge on any atom is 0.244 e. The average molecular weight is 419 g/mol. The van der Waals surface area contributed by atoms with Gasteiger partial charge in [-0.25, -0.2) is 12.8 Å². The Morgan fingerprint density at radius 3 is 2.37 bits per heavy atom. The third-order valence-corrected chi connectivity index (χ3v) is 6.41. The van der Waals surface area contributed by atoms with E-state index in [1.165, 1.54) is 18.6 Å². The van der Waals surface area contributed by atoms with Crippen LogP contribution in [0.2, 0.25) is 5.02 Å². The van der Waals surface area contributed by atoms with Gasteiger partial charge in [0.05, 0.1) is 17.0 Å². The highest BCUT2D eigenvalue weighted by molar-refractivity contribution is 7.92. The molecule has 0 heterocycles. The van der Waals surface area contributed by atoms with Crippen LogP contribution in [-0.4, -0.2) is 32.7 Å². The van der Waals surface area contributed by atoms with Crippen LogP contribution in [0.1, 0.15) is 58.3 Å². The standard InChI is InChI=1S/C19H28ClFN2O3S/c1-3-18(19(24)22-14-9-7-5-4-6-8-10-14)23(27(2,25)26)15-11-12-17(21)16(20)13-15/h11-14,18H,3-10H2,1-2H3,(H,22,24)/t18-/m0/s1. The van der Waals surface area contributed by atoms with Crippen LogP contribution < -0.4 is 9.62 Å². The van der Waals surface area contributed by atoms with E-state index >= 15 is 0 Å². The Bertz CT molecular complexity index is 749. The maximum absolute atomic E-state index is 13.5. The van der Waals surface area contributed by atoms with Gasteiger partial charge in [-0.05, 0) is 37.5 Å². The summed E-state index contributed by atoms with van der Waals surface area (Å²) in [5, 5.41) is 2.85. The molecule has 2 rings (SSSR count). The van der Waals surface area contributed by atoms with Crippen LogP contribution in [0.5, 0.6) is 0 Å². The molecular weight excluding hydrogens is 391 g/mol. The van der Waals surface area contributed by atoms with Crippen molar-refractivity contribution >= 4 is 33.2 Å². The second-order valence-corrected chi connectivity index (χ2v) is 9.40. The van der Waals surface area contributed by atoms with Gasteiger partial charge in [0.1, 0.15) is 11.9 Å². The van der Waals surface area contributed by atoms with E-state index in [1.54, 1.807) is 6.92 Å². The number of nitrogens with zero attached hydrogens (tertiary/aromatic N) is 1. The van der Waals surface area contributed by atoms with Gasteiger partial charge < -0.3 is 5.32 Å². The van der Waals surface area contributed by atoms with Gasteiger partial charge >= 0.3 is 0 Å². The van der Waals surface area contributed by atoms with Crippen molar-refractivity contribution < 1.29 is 17.6 Å². The topological polar surface area (TPSA) is 66.5 Å². The Morgan fingerprint density at radius 2 is 1.85 bits per heavy atom. The van der Waals surface area contributed by atoms with Crippen molar-refractivity contribution in [2.45, 2.75) is 70.4 Å². The number of benzene rings is 1. The lowest BCUT2D eigenvalue weighted by molar-refractivity contribution is -0.123. The Morgan fingerprint density at radius 1 is 1.26 bits per heavy atom. The fraction of sp³-hybridized carbons (Fsp3) is 0.632. The van der Waals surface area contributed by atoms with Gasteiger partial charge in [-0.2, -0.15) is 0 Å². The SMILES string of the molecule is CC[C@@H](C(=O)NC1CCCCCCC1)N(c1ccc(F)c(Cl)c1)S(C)(=O)=O. The van der Waals surface area contributed by atoms with E-state index in [1.807, 2.05) is 0 Å². The van der Waals surface area contributed by atoms with Gasteiger partial charge in [-0.15, -0.1) is 0 Å². The van der Waals surface area contributed by atoms with E-state index in [0.717, 1.165) is 55.2 Å². The molecule has 0 aliphatic heterocycles. The number of rotatable bonds is 6. The van der Waals surface area contributed by atoms with Crippen molar-refractivity contribution in [3.63, 3.8) is 0 Å². The van der Waals surface area contributed by atoms with Crippen LogP contribution in [0.3, 0.4) is 0 Å². The zero-order chi connectivity index (χ0) is 20.0. The van der Waals surface area contributed by atoms with Crippen molar-refractivity contribution in [1.29, 1.82) is 0 Å². The predicted molar refractivity (Wildman–Crippen MR) is 107 cm³/mol. The summed E-state index contributed by atoms with van der Waals surface area (Å²) in [4.78, 5) is 12.9. The van der Waals surface area contributed by atoms with E-state index < -0.39 is 21.9 Å². The summed E-state index contributed by atoms with van der Waals surface area (Å²) in [7, 11) is -3.77. The van der Waals surface area contributed by atoms with E-state index in [9.17, 15) is 17.6 Å². The molecule has 8 heteroatoms. The smallest absolute Gasteiger partial charge is 0.244 e. The summed E-state index contributed by atoms with van der Waals surface area (Å²) in [5.41, 5.74) is 0.184. The number of sulfonamides is 1. The molecule has 1 aliphatic carbocycles. The molecule has 1 amide bonds. The minimum atomic E-state index is -3.77. The third kappa shape index (κ3) is 6.07. The number of amides is 1. The Kier molecular flexibility index (Phi) is 7.91. The molecule has 0 aromatic heterocycles. The van der Waals surface area contributed by atoms with Crippen molar-refractivity contribution in [3.8, 4) is 0 Å². The second kappa shape index (κ2) is 9.73. The molecule has 0 bridgehead atoms. The molecular formula is C19H28ClFN2O3S. The monoisotopic (exact) mass is 418 g/mol. The first-order valence-electron chi connectivity index (χ1n) is 9.49. The fourth-order valence-corrected chi connectivity index (χ4v) is 4.96. The number of nitrogens with one attached hydrogen (secondary N) is 1. The van der Waals surface area contributed by atoms with E-state index in [-0.39, 0.29) is 22.7 Å². The molecule has 1 aliphatic rings. The number of halogens is 2. The van der Waals surface area contributed by atoms with Crippen molar-refractivity contribution in [2.75, 3.05) is 10.6 Å². The van der Waals surface area contributed by atoms with Crippen molar-refractivity contribution in [3.05, 3.63) is 29.0 Å². The van der Waals surface area contributed by atoms with Crippen LogP contribution in [0, 0.1) is 5.82 Å². The first-order valence-corrected chi connectivity index (χ1v) is 11.7. The third-order valence-electron chi connectivity index (χ3n) is 4.94. The Balaban J connectivity index is 2.25. The Labute approximate surface area is 166 Å². The summed E-state index contributed by atoms with van der Waals surface area (Å²) >= 11 is 5.83. The molecule has 1 aromatic carbocycles. The van der Waals surface area contributed by atoms with Gasteiger partial charge in [0.25, 0.3) is 0 Å². The zero-order valence-corrected chi connectivity index (χ0v) is 17.5. The van der Waals surface area contributed by atoms with Crippen LogP contribution in [0.15, 0.2) is 18.2 Å². The summed E-state index contributed by atoms with van der Waals surface area (Å²) in [6, 6.07) is 2.82. The first-order chi connectivity index (χ1) is 12.7. The van der Waals surface area contributed by atoms with E-state index in [4.69, 9.17) is 11.6 Å². The quantitative estimate of drug-likeness (QED) is 0.750. The first kappa shape index (κ1) is 22.0. The average Bonchev–Trinajstić information content (AvgIpc) is 2.56. The molecule has 0 spiro atoms. The number of hydrogen-bond acceptors (Lipinski definition) is 3. The highest BCUT2D eigenvalue weighted by atomic mass is 35.5. The van der Waals surface area contributed by atoms with Gasteiger partial charge in [-0.1, -0.05) is 50.6 Å². The largest absolute Gasteiger partial charge is 0.352 e. The molecule has 1 fully saturated rings. The van der Waals surface area contributed by atoms with Crippen LogP contribution in [0.25, 0.3) is 0 Å². The fourth-order valence-electron chi connectivity index (χ4n) is 3.58. The minimum absolute atomic E-state index is 0.0602. The van der Waals surface area contributed by atoms with Gasteiger partial charge in [-0.3, -0.25) is 9.10 Å². The normalized spacial score (nSPS) is 17.6. The summed E-state index contributed by atoms with van der Waals surface area (Å²) in [6.45, 7) is 1.76. The molecule has 0 unspecified atom stereocenters. The van der Waals surface area contributed by atoms with Crippen LogP contribution in [-0.2, 0) is 14.8 Å². The highest BCUT2D eigenvalue weighted by Gasteiger charge is 2.32. The minimum Gasteiger partial charge on any atom is -0.352 e.